The quantitative estimate of drug-likeness (QED) is 0.0991. The van der Waals surface area contributed by atoms with Crippen LogP contribution in [-0.2, 0) is 0 Å². The fraction of sp³-hybridized carbons (Fsp3) is 0.0286. The second kappa shape index (κ2) is 12.1. The van der Waals surface area contributed by atoms with Crippen molar-refractivity contribution in [2.24, 2.45) is 10.2 Å². The van der Waals surface area contributed by atoms with Crippen LogP contribution in [0.4, 0.5) is 0 Å². The molecule has 0 radical (unpaired) electrons. The Morgan fingerprint density at radius 2 is 1.38 bits per heavy atom. The molecule has 1 aromatic heterocycles. The molecule has 10 heteroatoms. The van der Waals surface area contributed by atoms with Crippen LogP contribution in [-0.4, -0.2) is 44.5 Å². The number of amides is 2. The third-order valence-corrected chi connectivity index (χ3v) is 7.47. The van der Waals surface area contributed by atoms with Gasteiger partial charge >= 0.3 is 0 Å². The Morgan fingerprint density at radius 3 is 2.20 bits per heavy atom. The first-order valence-electron chi connectivity index (χ1n) is 13.9. The van der Waals surface area contributed by atoms with Gasteiger partial charge in [0.1, 0.15) is 17.2 Å². The lowest BCUT2D eigenvalue weighted by Crippen LogP contribution is -2.17. The summed E-state index contributed by atoms with van der Waals surface area (Å²) >= 11 is 0. The van der Waals surface area contributed by atoms with E-state index in [0.29, 0.717) is 16.5 Å². The van der Waals surface area contributed by atoms with E-state index in [0.717, 1.165) is 33.0 Å². The number of phenolic OH excluding ortho intramolecular Hbond substituents is 3. The number of carbonyl (C=O) groups is 2. The summed E-state index contributed by atoms with van der Waals surface area (Å²) < 4.78 is 0. The first-order chi connectivity index (χ1) is 21.8. The number of aromatic hydroxyl groups is 3. The summed E-state index contributed by atoms with van der Waals surface area (Å²) in [6.07, 6.45) is 4.68. The van der Waals surface area contributed by atoms with Crippen molar-refractivity contribution in [3.05, 3.63) is 125 Å². The maximum absolute atomic E-state index is 13.1. The summed E-state index contributed by atoms with van der Waals surface area (Å²) in [6.45, 7) is 2.00. The molecule has 6 aromatic rings. The lowest BCUT2D eigenvalue weighted by atomic mass is 9.94. The normalized spacial score (nSPS) is 11.5. The van der Waals surface area contributed by atoms with Gasteiger partial charge in [-0.25, -0.2) is 10.9 Å². The second-order valence-corrected chi connectivity index (χ2v) is 10.3. The van der Waals surface area contributed by atoms with E-state index >= 15 is 0 Å². The van der Waals surface area contributed by atoms with Gasteiger partial charge in [0, 0.05) is 28.2 Å². The van der Waals surface area contributed by atoms with Crippen molar-refractivity contribution >= 4 is 45.9 Å². The first-order valence-corrected chi connectivity index (χ1v) is 13.9. The zero-order chi connectivity index (χ0) is 31.5. The van der Waals surface area contributed by atoms with Gasteiger partial charge in [0.15, 0.2) is 0 Å². The summed E-state index contributed by atoms with van der Waals surface area (Å²) in [4.78, 5) is 28.7. The van der Waals surface area contributed by atoms with Gasteiger partial charge in [-0.15, -0.1) is 0 Å². The van der Waals surface area contributed by atoms with Gasteiger partial charge in [0.25, 0.3) is 11.8 Å². The van der Waals surface area contributed by atoms with E-state index in [2.05, 4.69) is 26.0 Å². The molecule has 2 amide bonds. The van der Waals surface area contributed by atoms with Crippen LogP contribution in [0.1, 0.15) is 37.4 Å². The van der Waals surface area contributed by atoms with Crippen molar-refractivity contribution in [2.75, 3.05) is 0 Å². The van der Waals surface area contributed by atoms with Gasteiger partial charge in [0.05, 0.1) is 23.6 Å². The molecule has 10 nitrogen and oxygen atoms in total. The van der Waals surface area contributed by atoms with E-state index in [-0.39, 0.29) is 28.4 Å². The molecule has 45 heavy (non-hydrogen) atoms. The highest BCUT2D eigenvalue weighted by Crippen LogP contribution is 2.35. The maximum Gasteiger partial charge on any atom is 0.275 e. The molecule has 0 aliphatic rings. The Kier molecular flexibility index (Phi) is 7.69. The highest BCUT2D eigenvalue weighted by atomic mass is 16.3. The van der Waals surface area contributed by atoms with E-state index in [1.54, 1.807) is 48.7 Å². The molecule has 1 heterocycles. The van der Waals surface area contributed by atoms with E-state index in [9.17, 15) is 24.9 Å². The summed E-state index contributed by atoms with van der Waals surface area (Å²) in [6, 6.07) is 25.4. The molecule has 5 aromatic carbocycles. The van der Waals surface area contributed by atoms with Crippen LogP contribution < -0.4 is 10.9 Å². The molecule has 0 spiro atoms. The lowest BCUT2D eigenvalue weighted by molar-refractivity contribution is 0.0944. The highest BCUT2D eigenvalue weighted by molar-refractivity contribution is 6.09. The maximum atomic E-state index is 13.1. The Morgan fingerprint density at radius 1 is 0.689 bits per heavy atom. The Bertz CT molecular complexity index is 2170. The van der Waals surface area contributed by atoms with E-state index in [1.807, 2.05) is 37.4 Å². The van der Waals surface area contributed by atoms with Crippen molar-refractivity contribution in [1.82, 2.24) is 15.8 Å². The molecular formula is C35H27N5O5. The van der Waals surface area contributed by atoms with Crippen molar-refractivity contribution in [3.63, 3.8) is 0 Å². The molecule has 0 atom stereocenters. The number of phenols is 3. The topological polar surface area (TPSA) is 159 Å². The van der Waals surface area contributed by atoms with Crippen LogP contribution in [0.15, 0.2) is 107 Å². The van der Waals surface area contributed by atoms with Crippen molar-refractivity contribution in [1.29, 1.82) is 0 Å². The lowest BCUT2D eigenvalue weighted by Gasteiger charge is -2.12. The van der Waals surface area contributed by atoms with Gasteiger partial charge in [-0.3, -0.25) is 9.59 Å². The van der Waals surface area contributed by atoms with Gasteiger partial charge < -0.3 is 20.3 Å². The Hall–Kier alpha value is -6.42. The monoisotopic (exact) mass is 597 g/mol. The number of aromatic amines is 1. The number of hydrazone groups is 2. The number of aromatic nitrogens is 1. The summed E-state index contributed by atoms with van der Waals surface area (Å²) in [7, 11) is 0. The molecule has 6 rings (SSSR count). The van der Waals surface area contributed by atoms with Crippen LogP contribution in [0, 0.1) is 6.92 Å². The molecular weight excluding hydrogens is 570 g/mol. The van der Waals surface area contributed by atoms with Crippen LogP contribution in [0.2, 0.25) is 0 Å². The predicted molar refractivity (Wildman–Crippen MR) is 174 cm³/mol. The largest absolute Gasteiger partial charge is 0.507 e. The van der Waals surface area contributed by atoms with E-state index < -0.39 is 11.8 Å². The number of benzene rings is 5. The summed E-state index contributed by atoms with van der Waals surface area (Å²) in [5, 5.41) is 41.5. The number of para-hydroxylation sites is 2. The first kappa shape index (κ1) is 28.7. The number of H-pyrrole nitrogens is 1. The van der Waals surface area contributed by atoms with Crippen LogP contribution in [0.25, 0.3) is 32.8 Å². The van der Waals surface area contributed by atoms with Gasteiger partial charge in [-0.1, -0.05) is 60.7 Å². The SMILES string of the molecule is Cc1cccc2c(/C=N/NC(=O)c3cc(-c4cccc5c(/C=N/NC(=O)c6ccccc6O)c(O)ccc45)ccc3O)c[nH]c12. The molecule has 0 aliphatic heterocycles. The van der Waals surface area contributed by atoms with Crippen LogP contribution >= 0.6 is 0 Å². The molecule has 0 unspecified atom stereocenters. The number of rotatable bonds is 7. The van der Waals surface area contributed by atoms with E-state index in [1.165, 1.54) is 30.5 Å². The standard InChI is InChI=1S/C35H27N5O5/c1-20-6-4-9-24-22(17-36-33(20)24)18-37-40-35(45)28-16-21(12-14-31(28)42)23-8-5-10-25-26(23)13-15-32(43)29(25)19-38-39-34(44)27-7-2-3-11-30(27)41/h2-19,36,41-43H,1H3,(H,39,44)(H,40,45)/b37-18+,38-19+. The minimum atomic E-state index is -0.611. The number of hydrogen-bond acceptors (Lipinski definition) is 7. The van der Waals surface area contributed by atoms with Crippen LogP contribution in [0.3, 0.4) is 0 Å². The van der Waals surface area contributed by atoms with Gasteiger partial charge in [-0.2, -0.15) is 10.2 Å². The van der Waals surface area contributed by atoms with Crippen LogP contribution in [0.5, 0.6) is 17.2 Å². The average molecular weight is 598 g/mol. The Labute approximate surface area is 257 Å². The third-order valence-electron chi connectivity index (χ3n) is 7.47. The molecule has 0 saturated heterocycles. The Balaban J connectivity index is 1.26. The summed E-state index contributed by atoms with van der Waals surface area (Å²) in [5.41, 5.74) is 9.56. The van der Waals surface area contributed by atoms with Gasteiger partial charge in [0.2, 0.25) is 0 Å². The zero-order valence-electron chi connectivity index (χ0n) is 23.9. The molecule has 6 N–H and O–H groups in total. The fourth-order valence-corrected chi connectivity index (χ4v) is 5.18. The number of aryl methyl sites for hydroxylation is 1. The molecule has 222 valence electrons. The van der Waals surface area contributed by atoms with Crippen molar-refractivity contribution < 1.29 is 24.9 Å². The minimum Gasteiger partial charge on any atom is -0.507 e. The minimum absolute atomic E-state index is 0.0314. The number of carbonyl (C=O) groups excluding carboxylic acids is 2. The highest BCUT2D eigenvalue weighted by Gasteiger charge is 2.16. The molecule has 0 fully saturated rings. The second-order valence-electron chi connectivity index (χ2n) is 10.3. The smallest absolute Gasteiger partial charge is 0.275 e. The average Bonchev–Trinajstić information content (AvgIpc) is 3.46. The zero-order valence-corrected chi connectivity index (χ0v) is 23.9. The number of fused-ring (bicyclic) bond motifs is 2. The molecule has 0 saturated carbocycles. The fourth-order valence-electron chi connectivity index (χ4n) is 5.18. The molecule has 0 bridgehead atoms. The number of nitrogens with one attached hydrogen (secondary N) is 3. The third kappa shape index (κ3) is 5.67. The summed E-state index contributed by atoms with van der Waals surface area (Å²) in [5.74, 6) is -1.65. The number of nitrogens with zero attached hydrogens (tertiary/aromatic N) is 2. The van der Waals surface area contributed by atoms with Crippen molar-refractivity contribution in [2.45, 2.75) is 6.92 Å². The van der Waals surface area contributed by atoms with Gasteiger partial charge in [-0.05, 0) is 64.7 Å². The number of hydrogen-bond donors (Lipinski definition) is 6. The van der Waals surface area contributed by atoms with Crippen molar-refractivity contribution in [3.8, 4) is 28.4 Å². The van der Waals surface area contributed by atoms with E-state index in [4.69, 9.17) is 0 Å². The molecule has 0 aliphatic carbocycles. The predicted octanol–water partition coefficient (Wildman–Crippen LogP) is 5.94.